The van der Waals surface area contributed by atoms with Crippen LogP contribution in [-0.2, 0) is 11.0 Å². The summed E-state index contributed by atoms with van der Waals surface area (Å²) in [5, 5.41) is 5.67. The van der Waals surface area contributed by atoms with E-state index in [9.17, 15) is 18.0 Å². The summed E-state index contributed by atoms with van der Waals surface area (Å²) in [6.45, 7) is 0.478. The van der Waals surface area contributed by atoms with E-state index in [0.29, 0.717) is 23.1 Å². The largest absolute Gasteiger partial charge is 0.416 e. The molecule has 7 heteroatoms. The van der Waals surface area contributed by atoms with E-state index in [4.69, 9.17) is 0 Å². The average molecular weight is 323 g/mol. The quantitative estimate of drug-likeness (QED) is 0.879. The van der Waals surface area contributed by atoms with Gasteiger partial charge in [-0.25, -0.2) is 0 Å². The van der Waals surface area contributed by atoms with Crippen LogP contribution < -0.4 is 10.6 Å². The molecule has 0 saturated carbocycles. The third-order valence-electron chi connectivity index (χ3n) is 2.63. The van der Waals surface area contributed by atoms with Crippen LogP contribution in [0.3, 0.4) is 0 Å². The van der Waals surface area contributed by atoms with Crippen molar-refractivity contribution in [3.63, 3.8) is 0 Å². The van der Waals surface area contributed by atoms with E-state index in [2.05, 4.69) is 26.6 Å². The SMILES string of the molecule is O=C1CC(Nc2ccc(C(F)(F)F)cc2Br)CN1. The van der Waals surface area contributed by atoms with Gasteiger partial charge in [-0.15, -0.1) is 0 Å². The number of carbonyl (C=O) groups is 1. The molecule has 0 bridgehead atoms. The first-order valence-corrected chi connectivity index (χ1v) is 6.05. The van der Waals surface area contributed by atoms with Gasteiger partial charge in [0.15, 0.2) is 0 Å². The molecule has 1 aromatic rings. The number of halogens is 4. The molecule has 1 unspecified atom stereocenters. The van der Waals surface area contributed by atoms with Crippen LogP contribution in [0.15, 0.2) is 22.7 Å². The van der Waals surface area contributed by atoms with Crippen LogP contribution in [0.2, 0.25) is 0 Å². The number of benzene rings is 1. The molecule has 2 N–H and O–H groups in total. The van der Waals surface area contributed by atoms with Crippen molar-refractivity contribution >= 4 is 27.5 Å². The van der Waals surface area contributed by atoms with Crippen molar-refractivity contribution < 1.29 is 18.0 Å². The fourth-order valence-corrected chi connectivity index (χ4v) is 2.23. The first-order valence-electron chi connectivity index (χ1n) is 5.26. The van der Waals surface area contributed by atoms with E-state index in [-0.39, 0.29) is 11.9 Å². The van der Waals surface area contributed by atoms with Gasteiger partial charge in [0.1, 0.15) is 0 Å². The predicted octanol–water partition coefficient (Wildman–Crippen LogP) is 2.77. The Morgan fingerprint density at radius 2 is 2.11 bits per heavy atom. The lowest BCUT2D eigenvalue weighted by molar-refractivity contribution is -0.137. The van der Waals surface area contributed by atoms with Gasteiger partial charge in [0.25, 0.3) is 0 Å². The number of hydrogen-bond donors (Lipinski definition) is 2. The summed E-state index contributed by atoms with van der Waals surface area (Å²) in [5.41, 5.74) is -0.162. The zero-order valence-electron chi connectivity index (χ0n) is 9.14. The maximum atomic E-state index is 12.5. The normalized spacial score (nSPS) is 19.8. The van der Waals surface area contributed by atoms with Gasteiger partial charge < -0.3 is 10.6 Å². The molecule has 98 valence electrons. The molecule has 1 amide bonds. The molecule has 3 nitrogen and oxygen atoms in total. The topological polar surface area (TPSA) is 41.1 Å². The van der Waals surface area contributed by atoms with Crippen molar-refractivity contribution in [1.82, 2.24) is 5.32 Å². The Morgan fingerprint density at radius 3 is 2.61 bits per heavy atom. The maximum Gasteiger partial charge on any atom is 0.416 e. The minimum Gasteiger partial charge on any atom is -0.379 e. The molecular formula is C11H10BrF3N2O. The Bertz CT molecular complexity index is 476. The molecule has 2 rings (SSSR count). The summed E-state index contributed by atoms with van der Waals surface area (Å²) >= 11 is 3.09. The average Bonchev–Trinajstić information content (AvgIpc) is 2.65. The van der Waals surface area contributed by atoms with Gasteiger partial charge in [-0.2, -0.15) is 13.2 Å². The lowest BCUT2D eigenvalue weighted by atomic mass is 10.2. The van der Waals surface area contributed by atoms with Gasteiger partial charge in [-0.3, -0.25) is 4.79 Å². The number of amides is 1. The molecule has 0 aromatic heterocycles. The van der Waals surface area contributed by atoms with E-state index in [1.54, 1.807) is 0 Å². The predicted molar refractivity (Wildman–Crippen MR) is 64.2 cm³/mol. The van der Waals surface area contributed by atoms with Gasteiger partial charge in [-0.05, 0) is 34.1 Å². The van der Waals surface area contributed by atoms with Crippen molar-refractivity contribution in [2.45, 2.75) is 18.6 Å². The second kappa shape index (κ2) is 4.79. The fourth-order valence-electron chi connectivity index (χ4n) is 1.74. The minimum atomic E-state index is -4.36. The van der Waals surface area contributed by atoms with Crippen LogP contribution >= 0.6 is 15.9 Å². The summed E-state index contributed by atoms with van der Waals surface area (Å²) in [6.07, 6.45) is -4.03. The van der Waals surface area contributed by atoms with Crippen LogP contribution in [0.1, 0.15) is 12.0 Å². The van der Waals surface area contributed by atoms with Gasteiger partial charge in [0.05, 0.1) is 11.6 Å². The Labute approximate surface area is 110 Å². The Hall–Kier alpha value is -1.24. The van der Waals surface area contributed by atoms with E-state index in [1.165, 1.54) is 6.07 Å². The highest BCUT2D eigenvalue weighted by Gasteiger charge is 2.31. The smallest absolute Gasteiger partial charge is 0.379 e. The number of anilines is 1. The van der Waals surface area contributed by atoms with Gasteiger partial charge >= 0.3 is 6.18 Å². The molecule has 18 heavy (non-hydrogen) atoms. The van der Waals surface area contributed by atoms with E-state index in [0.717, 1.165) is 12.1 Å². The number of nitrogens with one attached hydrogen (secondary N) is 2. The highest BCUT2D eigenvalue weighted by atomic mass is 79.9. The Morgan fingerprint density at radius 1 is 1.39 bits per heavy atom. The third-order valence-corrected chi connectivity index (χ3v) is 3.29. The molecule has 1 atom stereocenters. The first kappa shape index (κ1) is 13.2. The molecule has 1 aliphatic heterocycles. The van der Waals surface area contributed by atoms with Crippen molar-refractivity contribution in [2.75, 3.05) is 11.9 Å². The Kier molecular flexibility index (Phi) is 3.52. The van der Waals surface area contributed by atoms with E-state index >= 15 is 0 Å². The first-order chi connectivity index (χ1) is 8.36. The summed E-state index contributed by atoms with van der Waals surface area (Å²) in [6, 6.07) is 3.30. The molecule has 1 fully saturated rings. The number of carbonyl (C=O) groups excluding carboxylic acids is 1. The lowest BCUT2D eigenvalue weighted by Gasteiger charge is -2.15. The number of alkyl halides is 3. The summed E-state index contributed by atoms with van der Waals surface area (Å²) in [5.74, 6) is -0.0597. The molecular weight excluding hydrogens is 313 g/mol. The van der Waals surface area contributed by atoms with Crippen molar-refractivity contribution in [1.29, 1.82) is 0 Å². The third kappa shape index (κ3) is 2.95. The molecule has 0 radical (unpaired) electrons. The zero-order chi connectivity index (χ0) is 13.3. The van der Waals surface area contributed by atoms with E-state index < -0.39 is 11.7 Å². The second-order valence-electron chi connectivity index (χ2n) is 4.04. The van der Waals surface area contributed by atoms with Crippen LogP contribution in [0.25, 0.3) is 0 Å². The van der Waals surface area contributed by atoms with Crippen LogP contribution in [0.5, 0.6) is 0 Å². The minimum absolute atomic E-state index is 0.0597. The molecule has 1 heterocycles. The van der Waals surface area contributed by atoms with Gasteiger partial charge in [0, 0.05) is 23.1 Å². The van der Waals surface area contributed by atoms with Gasteiger partial charge in [-0.1, -0.05) is 0 Å². The lowest BCUT2D eigenvalue weighted by Crippen LogP contribution is -2.22. The highest BCUT2D eigenvalue weighted by Crippen LogP contribution is 2.34. The van der Waals surface area contributed by atoms with Crippen molar-refractivity contribution in [3.05, 3.63) is 28.2 Å². The van der Waals surface area contributed by atoms with Crippen LogP contribution in [0.4, 0.5) is 18.9 Å². The van der Waals surface area contributed by atoms with Crippen molar-refractivity contribution in [3.8, 4) is 0 Å². The standard InChI is InChI=1S/C11H10BrF3N2O/c12-8-3-6(11(13,14)15)1-2-9(8)17-7-4-10(18)16-5-7/h1-3,7,17H,4-5H2,(H,16,18). The molecule has 1 aromatic carbocycles. The zero-order valence-corrected chi connectivity index (χ0v) is 10.7. The number of hydrogen-bond acceptors (Lipinski definition) is 2. The Balaban J connectivity index is 2.13. The molecule has 1 aliphatic rings. The van der Waals surface area contributed by atoms with Crippen molar-refractivity contribution in [2.24, 2.45) is 0 Å². The summed E-state index contributed by atoms with van der Waals surface area (Å²) < 4.78 is 37.7. The molecule has 0 aliphatic carbocycles. The highest BCUT2D eigenvalue weighted by molar-refractivity contribution is 9.10. The maximum absolute atomic E-state index is 12.5. The number of rotatable bonds is 2. The fraction of sp³-hybridized carbons (Fsp3) is 0.364. The monoisotopic (exact) mass is 322 g/mol. The van der Waals surface area contributed by atoms with Crippen LogP contribution in [-0.4, -0.2) is 18.5 Å². The summed E-state index contributed by atoms with van der Waals surface area (Å²) in [4.78, 5) is 11.0. The van der Waals surface area contributed by atoms with Crippen LogP contribution in [0, 0.1) is 0 Å². The second-order valence-corrected chi connectivity index (χ2v) is 4.90. The molecule has 1 saturated heterocycles. The summed E-state index contributed by atoms with van der Waals surface area (Å²) in [7, 11) is 0. The molecule has 0 spiro atoms. The van der Waals surface area contributed by atoms with Gasteiger partial charge in [0.2, 0.25) is 5.91 Å². The van der Waals surface area contributed by atoms with E-state index in [1.807, 2.05) is 0 Å².